The highest BCUT2D eigenvalue weighted by Crippen LogP contribution is 1.97. The third-order valence-electron chi connectivity index (χ3n) is 1.39. The van der Waals surface area contributed by atoms with Gasteiger partial charge in [-0.2, -0.15) is 0 Å². The van der Waals surface area contributed by atoms with Crippen molar-refractivity contribution < 1.29 is 5.03 Å². The zero-order chi connectivity index (χ0) is 10.4. The van der Waals surface area contributed by atoms with Crippen molar-refractivity contribution in [3.8, 4) is 0 Å². The number of guanidine groups is 1. The van der Waals surface area contributed by atoms with Crippen molar-refractivity contribution in [3.63, 3.8) is 0 Å². The van der Waals surface area contributed by atoms with Crippen molar-refractivity contribution in [1.82, 2.24) is 10.4 Å². The van der Waals surface area contributed by atoms with Crippen LogP contribution in [0.15, 0.2) is 29.5 Å². The molecular weight excluding hydrogens is 186 g/mol. The van der Waals surface area contributed by atoms with Crippen molar-refractivity contribution in [2.45, 2.75) is 6.54 Å². The molecule has 0 saturated carbocycles. The summed E-state index contributed by atoms with van der Waals surface area (Å²) < 4.78 is 0. The van der Waals surface area contributed by atoms with Crippen molar-refractivity contribution >= 4 is 5.96 Å². The van der Waals surface area contributed by atoms with Crippen molar-refractivity contribution in [3.05, 3.63) is 40.2 Å². The van der Waals surface area contributed by atoms with E-state index in [2.05, 4.69) is 9.98 Å². The quantitative estimate of drug-likeness (QED) is 0.297. The van der Waals surface area contributed by atoms with Gasteiger partial charge in [-0.25, -0.2) is 15.1 Å². The van der Waals surface area contributed by atoms with Gasteiger partial charge in [0, 0.05) is 12.4 Å². The molecule has 1 heterocycles. The zero-order valence-corrected chi connectivity index (χ0v) is 7.25. The Hall–Kier alpha value is -2.18. The van der Waals surface area contributed by atoms with Gasteiger partial charge in [-0.1, -0.05) is 5.43 Å². The molecule has 1 aromatic heterocycles. The van der Waals surface area contributed by atoms with Crippen LogP contribution in [0.25, 0.3) is 0 Å². The van der Waals surface area contributed by atoms with Gasteiger partial charge in [0.2, 0.25) is 0 Å². The van der Waals surface area contributed by atoms with Crippen molar-refractivity contribution in [2.75, 3.05) is 0 Å². The number of nitrogens with zero attached hydrogens (tertiary/aromatic N) is 3. The first-order chi connectivity index (χ1) is 6.68. The fourth-order valence-corrected chi connectivity index (χ4v) is 0.794. The van der Waals surface area contributed by atoms with Crippen LogP contribution < -0.4 is 11.2 Å². The summed E-state index contributed by atoms with van der Waals surface area (Å²) in [4.78, 5) is 17.5. The van der Waals surface area contributed by atoms with E-state index < -0.39 is 5.03 Å². The fraction of sp³-hybridized carbons (Fsp3) is 0.143. The average Bonchev–Trinajstić information content (AvgIpc) is 2.15. The first kappa shape index (κ1) is 9.90. The second-order valence-corrected chi connectivity index (χ2v) is 2.43. The van der Waals surface area contributed by atoms with Crippen LogP contribution in [0.2, 0.25) is 0 Å². The van der Waals surface area contributed by atoms with Crippen molar-refractivity contribution in [2.24, 2.45) is 10.7 Å². The molecule has 14 heavy (non-hydrogen) atoms. The standard InChI is InChI=1S/C7H9N5O2/c8-7(11-12(13)14)10-5-6-1-3-9-4-2-6/h1-4H,5H2,(H3,8,10,11). The van der Waals surface area contributed by atoms with E-state index in [0.717, 1.165) is 5.56 Å². The highest BCUT2D eigenvalue weighted by atomic mass is 16.7. The van der Waals surface area contributed by atoms with Gasteiger partial charge >= 0.3 is 0 Å². The molecule has 0 spiro atoms. The van der Waals surface area contributed by atoms with Crippen molar-refractivity contribution in [1.29, 1.82) is 0 Å². The molecule has 0 aromatic carbocycles. The van der Waals surface area contributed by atoms with Crippen LogP contribution in [0, 0.1) is 10.1 Å². The summed E-state index contributed by atoms with van der Waals surface area (Å²) in [5.74, 6) is -0.216. The number of rotatable bonds is 3. The van der Waals surface area contributed by atoms with Crippen LogP contribution in [0.3, 0.4) is 0 Å². The van der Waals surface area contributed by atoms with E-state index in [1.54, 1.807) is 30.0 Å². The van der Waals surface area contributed by atoms with Gasteiger partial charge < -0.3 is 5.73 Å². The van der Waals surface area contributed by atoms with E-state index >= 15 is 0 Å². The first-order valence-electron chi connectivity index (χ1n) is 3.78. The third kappa shape index (κ3) is 3.48. The fourth-order valence-electron chi connectivity index (χ4n) is 0.794. The number of aliphatic imine (C=N–C) groups is 1. The van der Waals surface area contributed by atoms with Crippen LogP contribution >= 0.6 is 0 Å². The largest absolute Gasteiger partial charge is 0.365 e. The van der Waals surface area contributed by atoms with Gasteiger partial charge in [-0.15, -0.1) is 0 Å². The van der Waals surface area contributed by atoms with Gasteiger partial charge in [0.15, 0.2) is 5.03 Å². The van der Waals surface area contributed by atoms with Crippen LogP contribution in [-0.4, -0.2) is 16.0 Å². The molecule has 7 nitrogen and oxygen atoms in total. The lowest BCUT2D eigenvalue weighted by atomic mass is 10.3. The second-order valence-electron chi connectivity index (χ2n) is 2.43. The maximum atomic E-state index is 9.94. The minimum atomic E-state index is -0.759. The molecule has 7 heteroatoms. The molecule has 0 aliphatic carbocycles. The average molecular weight is 195 g/mol. The van der Waals surface area contributed by atoms with E-state index in [-0.39, 0.29) is 12.5 Å². The van der Waals surface area contributed by atoms with Crippen LogP contribution in [-0.2, 0) is 6.54 Å². The maximum Gasteiger partial charge on any atom is 0.251 e. The van der Waals surface area contributed by atoms with E-state index in [0.29, 0.717) is 0 Å². The van der Waals surface area contributed by atoms with E-state index in [1.165, 1.54) is 0 Å². The lowest BCUT2D eigenvalue weighted by Crippen LogP contribution is -2.36. The molecule has 74 valence electrons. The van der Waals surface area contributed by atoms with Crippen LogP contribution in [0.5, 0.6) is 0 Å². The molecule has 0 aliphatic rings. The van der Waals surface area contributed by atoms with E-state index in [1.807, 2.05) is 0 Å². The van der Waals surface area contributed by atoms with Gasteiger partial charge in [-0.3, -0.25) is 4.98 Å². The zero-order valence-electron chi connectivity index (χ0n) is 7.25. The first-order valence-corrected chi connectivity index (χ1v) is 3.78. The highest BCUT2D eigenvalue weighted by Gasteiger charge is 1.97. The summed E-state index contributed by atoms with van der Waals surface area (Å²) in [5.41, 5.74) is 7.83. The Bertz CT molecular complexity index is 337. The lowest BCUT2D eigenvalue weighted by Gasteiger charge is -1.96. The van der Waals surface area contributed by atoms with Gasteiger partial charge in [0.05, 0.1) is 6.54 Å². The minimum absolute atomic E-state index is 0.216. The van der Waals surface area contributed by atoms with Gasteiger partial charge in [-0.05, 0) is 17.7 Å². The number of nitrogens with one attached hydrogen (secondary N) is 1. The molecule has 3 N–H and O–H groups in total. The molecule has 0 unspecified atom stereocenters. The molecule has 0 bridgehead atoms. The number of hydrogen-bond donors (Lipinski definition) is 2. The molecule has 1 rings (SSSR count). The molecule has 0 aliphatic heterocycles. The molecule has 0 atom stereocenters. The maximum absolute atomic E-state index is 9.94. The molecule has 0 radical (unpaired) electrons. The summed E-state index contributed by atoms with van der Waals surface area (Å²) in [6.45, 7) is 0.287. The minimum Gasteiger partial charge on any atom is -0.365 e. The topological polar surface area (TPSA) is 106 Å². The number of hydrazine groups is 1. The monoisotopic (exact) mass is 195 g/mol. The Labute approximate surface area is 79.8 Å². The van der Waals surface area contributed by atoms with E-state index in [9.17, 15) is 10.1 Å². The normalized spacial score (nSPS) is 11.0. The Morgan fingerprint density at radius 1 is 1.64 bits per heavy atom. The SMILES string of the molecule is NC(=NCc1ccncc1)N[N+](=O)[O-]. The molecular formula is C7H9N5O2. The molecule has 0 amide bonds. The summed E-state index contributed by atoms with van der Waals surface area (Å²) in [5, 5.41) is 9.19. The summed E-state index contributed by atoms with van der Waals surface area (Å²) in [7, 11) is 0. The molecule has 1 aromatic rings. The number of pyridine rings is 1. The number of nitro groups is 1. The number of hydrogen-bond acceptors (Lipinski definition) is 4. The van der Waals surface area contributed by atoms with Gasteiger partial charge in [0.25, 0.3) is 5.96 Å². The lowest BCUT2D eigenvalue weighted by molar-refractivity contribution is -0.525. The highest BCUT2D eigenvalue weighted by molar-refractivity contribution is 5.76. The summed E-state index contributed by atoms with van der Waals surface area (Å²) in [6.07, 6.45) is 3.23. The summed E-state index contributed by atoms with van der Waals surface area (Å²) >= 11 is 0. The van der Waals surface area contributed by atoms with E-state index in [4.69, 9.17) is 5.73 Å². The van der Waals surface area contributed by atoms with Gasteiger partial charge in [0.1, 0.15) is 0 Å². The smallest absolute Gasteiger partial charge is 0.251 e. The van der Waals surface area contributed by atoms with Crippen LogP contribution in [0.4, 0.5) is 0 Å². The Kier molecular flexibility index (Phi) is 3.36. The Morgan fingerprint density at radius 2 is 2.29 bits per heavy atom. The second kappa shape index (κ2) is 4.75. The van der Waals surface area contributed by atoms with Crippen LogP contribution in [0.1, 0.15) is 5.56 Å². The Morgan fingerprint density at radius 3 is 2.86 bits per heavy atom. The number of aromatic nitrogens is 1. The molecule has 0 saturated heterocycles. The Balaban J connectivity index is 2.51. The predicted molar refractivity (Wildman–Crippen MR) is 49.7 cm³/mol. The number of nitrogens with two attached hydrogens (primary N) is 1. The molecule has 0 fully saturated rings. The summed E-state index contributed by atoms with van der Waals surface area (Å²) in [6, 6.07) is 3.51. The third-order valence-corrected chi connectivity index (χ3v) is 1.39. The predicted octanol–water partition coefficient (Wildman–Crippen LogP) is -0.322.